The van der Waals surface area contributed by atoms with Crippen LogP contribution in [-0.2, 0) is 0 Å². The molecule has 10 aromatic rings. The molecule has 0 N–H and O–H groups in total. The normalized spacial score (nSPS) is 11.8. The first-order valence-corrected chi connectivity index (χ1v) is 15.9. The van der Waals surface area contributed by atoms with Gasteiger partial charge in [0.05, 0.1) is 0 Å². The molecule has 48 heavy (non-hydrogen) atoms. The Morgan fingerprint density at radius 2 is 0.938 bits per heavy atom. The van der Waals surface area contributed by atoms with Crippen LogP contribution in [0, 0.1) is 0 Å². The lowest BCUT2D eigenvalue weighted by atomic mass is 9.99. The van der Waals surface area contributed by atoms with Crippen LogP contribution < -0.4 is 0 Å². The van der Waals surface area contributed by atoms with Gasteiger partial charge >= 0.3 is 0 Å². The molecule has 3 aromatic heterocycles. The number of hydrogen-bond donors (Lipinski definition) is 0. The maximum atomic E-state index is 6.40. The molecule has 10 rings (SSSR count). The summed E-state index contributed by atoms with van der Waals surface area (Å²) in [7, 11) is 0. The molecule has 0 fully saturated rings. The van der Waals surface area contributed by atoms with Crippen LogP contribution in [0.1, 0.15) is 0 Å². The SMILES string of the molecule is c1ccc(-c2nc(-c3ccccc3)nc(-c3cccc4oc5ccc(-c6ccc7c(c6)oc6cc8ccccc8cc67)cc5c34)n2)cc1. The lowest BCUT2D eigenvalue weighted by Crippen LogP contribution is -2.00. The van der Waals surface area contributed by atoms with Crippen molar-refractivity contribution in [3.63, 3.8) is 0 Å². The molecule has 0 aliphatic carbocycles. The fraction of sp³-hybridized carbons (Fsp3) is 0. The van der Waals surface area contributed by atoms with Gasteiger partial charge < -0.3 is 8.83 Å². The highest BCUT2D eigenvalue weighted by molar-refractivity contribution is 6.14. The summed E-state index contributed by atoms with van der Waals surface area (Å²) < 4.78 is 12.8. The highest BCUT2D eigenvalue weighted by Crippen LogP contribution is 2.40. The number of benzene rings is 7. The molecular formula is C43H25N3O2. The summed E-state index contributed by atoms with van der Waals surface area (Å²) in [4.78, 5) is 14.9. The van der Waals surface area contributed by atoms with Gasteiger partial charge in [-0.15, -0.1) is 0 Å². The van der Waals surface area contributed by atoms with E-state index in [-0.39, 0.29) is 0 Å². The predicted molar refractivity (Wildman–Crippen MR) is 194 cm³/mol. The summed E-state index contributed by atoms with van der Waals surface area (Å²) in [6.07, 6.45) is 0. The van der Waals surface area contributed by atoms with E-state index >= 15 is 0 Å². The van der Waals surface area contributed by atoms with Gasteiger partial charge in [0.25, 0.3) is 0 Å². The van der Waals surface area contributed by atoms with Crippen LogP contribution in [0.5, 0.6) is 0 Å². The maximum absolute atomic E-state index is 6.40. The average molecular weight is 616 g/mol. The monoisotopic (exact) mass is 615 g/mol. The van der Waals surface area contributed by atoms with Crippen molar-refractivity contribution in [1.29, 1.82) is 0 Å². The lowest BCUT2D eigenvalue weighted by molar-refractivity contribution is 0.669. The topological polar surface area (TPSA) is 65.0 Å². The van der Waals surface area contributed by atoms with Gasteiger partial charge in [-0.3, -0.25) is 0 Å². The molecular weight excluding hydrogens is 590 g/mol. The first kappa shape index (κ1) is 26.6. The molecule has 0 atom stereocenters. The molecule has 0 bridgehead atoms. The lowest BCUT2D eigenvalue weighted by Gasteiger charge is -2.09. The van der Waals surface area contributed by atoms with Crippen molar-refractivity contribution >= 4 is 54.6 Å². The second kappa shape index (κ2) is 10.5. The smallest absolute Gasteiger partial charge is 0.164 e. The van der Waals surface area contributed by atoms with Gasteiger partial charge in [0, 0.05) is 38.2 Å². The summed E-state index contributed by atoms with van der Waals surface area (Å²) in [5.41, 5.74) is 8.22. The number of hydrogen-bond acceptors (Lipinski definition) is 5. The Balaban J connectivity index is 1.15. The van der Waals surface area contributed by atoms with Crippen molar-refractivity contribution in [3.8, 4) is 45.3 Å². The van der Waals surface area contributed by atoms with Crippen molar-refractivity contribution in [1.82, 2.24) is 15.0 Å². The summed E-state index contributed by atoms with van der Waals surface area (Å²) in [6.45, 7) is 0. The van der Waals surface area contributed by atoms with Crippen LogP contribution in [0.25, 0.3) is 99.9 Å². The van der Waals surface area contributed by atoms with E-state index in [9.17, 15) is 0 Å². The van der Waals surface area contributed by atoms with E-state index < -0.39 is 0 Å². The van der Waals surface area contributed by atoms with Crippen LogP contribution in [0.4, 0.5) is 0 Å². The van der Waals surface area contributed by atoms with Gasteiger partial charge in [-0.05, 0) is 64.4 Å². The van der Waals surface area contributed by atoms with Gasteiger partial charge in [-0.25, -0.2) is 15.0 Å². The highest BCUT2D eigenvalue weighted by Gasteiger charge is 2.19. The summed E-state index contributed by atoms with van der Waals surface area (Å²) in [5, 5.41) is 6.57. The van der Waals surface area contributed by atoms with Gasteiger partial charge in [-0.2, -0.15) is 0 Å². The van der Waals surface area contributed by atoms with E-state index in [0.717, 1.165) is 71.7 Å². The van der Waals surface area contributed by atoms with Crippen LogP contribution >= 0.6 is 0 Å². The minimum absolute atomic E-state index is 0.595. The Morgan fingerprint density at radius 1 is 0.333 bits per heavy atom. The van der Waals surface area contributed by atoms with Crippen molar-refractivity contribution in [3.05, 3.63) is 152 Å². The maximum Gasteiger partial charge on any atom is 0.164 e. The first-order chi connectivity index (χ1) is 23.7. The van der Waals surface area contributed by atoms with E-state index in [1.807, 2.05) is 78.9 Å². The quantitative estimate of drug-likeness (QED) is 0.197. The Morgan fingerprint density at radius 3 is 1.69 bits per heavy atom. The Hall–Kier alpha value is -6.59. The van der Waals surface area contributed by atoms with Gasteiger partial charge in [0.15, 0.2) is 17.5 Å². The molecule has 0 aliphatic heterocycles. The van der Waals surface area contributed by atoms with Crippen LogP contribution in [0.15, 0.2) is 160 Å². The fourth-order valence-electron chi connectivity index (χ4n) is 6.76. The number of furan rings is 2. The third kappa shape index (κ3) is 4.29. The molecule has 7 aromatic carbocycles. The van der Waals surface area contributed by atoms with E-state index in [1.54, 1.807) is 0 Å². The molecule has 0 radical (unpaired) electrons. The summed E-state index contributed by atoms with van der Waals surface area (Å²) >= 11 is 0. The molecule has 224 valence electrons. The second-order valence-electron chi connectivity index (χ2n) is 12.0. The first-order valence-electron chi connectivity index (χ1n) is 15.9. The van der Waals surface area contributed by atoms with Gasteiger partial charge in [0.1, 0.15) is 22.3 Å². The molecule has 0 spiro atoms. The highest BCUT2D eigenvalue weighted by atomic mass is 16.3. The fourth-order valence-corrected chi connectivity index (χ4v) is 6.76. The molecule has 0 aliphatic rings. The third-order valence-corrected chi connectivity index (χ3v) is 9.11. The third-order valence-electron chi connectivity index (χ3n) is 9.11. The molecule has 5 heteroatoms. The van der Waals surface area contributed by atoms with Crippen LogP contribution in [0.3, 0.4) is 0 Å². The summed E-state index contributed by atoms with van der Waals surface area (Å²) in [6, 6.07) is 51.7. The molecule has 3 heterocycles. The predicted octanol–water partition coefficient (Wildman–Crippen LogP) is 11.5. The number of fused-ring (bicyclic) bond motifs is 7. The van der Waals surface area contributed by atoms with E-state index in [0.29, 0.717) is 17.5 Å². The zero-order valence-electron chi connectivity index (χ0n) is 25.6. The Kier molecular flexibility index (Phi) is 5.81. The van der Waals surface area contributed by atoms with Crippen LogP contribution in [-0.4, -0.2) is 15.0 Å². The van der Waals surface area contributed by atoms with Crippen molar-refractivity contribution in [2.75, 3.05) is 0 Å². The Bertz CT molecular complexity index is 2780. The zero-order chi connectivity index (χ0) is 31.6. The molecule has 0 saturated carbocycles. The zero-order valence-corrected chi connectivity index (χ0v) is 25.6. The average Bonchev–Trinajstić information content (AvgIpc) is 3.71. The molecule has 0 saturated heterocycles. The van der Waals surface area contributed by atoms with Crippen molar-refractivity contribution in [2.45, 2.75) is 0 Å². The van der Waals surface area contributed by atoms with Crippen LogP contribution in [0.2, 0.25) is 0 Å². The van der Waals surface area contributed by atoms with E-state index in [4.69, 9.17) is 23.8 Å². The standard InChI is InChI=1S/C43H25N3O2/c1-3-10-26(11-4-1)41-44-42(27-12-5-2-6-13-27)46-43(45-41)33-16-9-17-37-40(33)35-23-30(19-21-36(35)47-37)31-18-20-32-34-22-28-14-7-8-15-29(28)24-39(34)48-38(32)25-31/h1-25H. The molecule has 5 nitrogen and oxygen atoms in total. The second-order valence-corrected chi connectivity index (χ2v) is 12.0. The van der Waals surface area contributed by atoms with Crippen molar-refractivity contribution < 1.29 is 8.83 Å². The largest absolute Gasteiger partial charge is 0.456 e. The number of nitrogens with zero attached hydrogens (tertiary/aromatic N) is 3. The van der Waals surface area contributed by atoms with E-state index in [2.05, 4.69) is 72.8 Å². The summed E-state index contributed by atoms with van der Waals surface area (Å²) in [5.74, 6) is 1.84. The minimum atomic E-state index is 0.595. The van der Waals surface area contributed by atoms with Gasteiger partial charge in [-0.1, -0.05) is 109 Å². The number of rotatable bonds is 4. The molecule has 0 unspecified atom stereocenters. The minimum Gasteiger partial charge on any atom is -0.456 e. The number of aromatic nitrogens is 3. The Labute approximate surface area is 274 Å². The van der Waals surface area contributed by atoms with Crippen molar-refractivity contribution in [2.24, 2.45) is 0 Å². The molecule has 0 amide bonds. The van der Waals surface area contributed by atoms with Gasteiger partial charge in [0.2, 0.25) is 0 Å². The van der Waals surface area contributed by atoms with E-state index in [1.165, 1.54) is 10.8 Å².